The first kappa shape index (κ1) is 23.7. The molecule has 0 bridgehead atoms. The van der Waals surface area contributed by atoms with Gasteiger partial charge in [0.25, 0.3) is 0 Å². The van der Waals surface area contributed by atoms with Crippen LogP contribution in [0.2, 0.25) is 0 Å². The van der Waals surface area contributed by atoms with Crippen molar-refractivity contribution in [2.75, 3.05) is 0 Å². The molecular formula is H4BeFeO3SiY. The summed E-state index contributed by atoms with van der Waals surface area (Å²) < 4.78 is 8.74. The molecule has 7 heavy (non-hydrogen) atoms. The third kappa shape index (κ3) is 109. The maximum atomic E-state index is 8.74. The Hall–Kier alpha value is 1.41. The molecule has 2 N–H and O–H groups in total. The van der Waals surface area contributed by atoms with Crippen LogP contribution >= 0.6 is 0 Å². The quantitative estimate of drug-likeness (QED) is 0.454. The third-order valence-corrected chi connectivity index (χ3v) is 0. The van der Waals surface area contributed by atoms with Crippen LogP contribution < -0.4 is 0 Å². The Morgan fingerprint density at radius 1 is 1.29 bits per heavy atom. The van der Waals surface area contributed by atoms with Gasteiger partial charge in [0.2, 0.25) is 0 Å². The second-order valence-electron chi connectivity index (χ2n) is 0.283. The number of hydrogen-bond acceptors (Lipinski definition) is 1. The van der Waals surface area contributed by atoms with E-state index >= 15 is 0 Å². The summed E-state index contributed by atoms with van der Waals surface area (Å²) in [7, 11) is -3.13. The van der Waals surface area contributed by atoms with Gasteiger partial charge in [0.05, 0.1) is 0 Å². The molecule has 0 aliphatic heterocycles. The molecule has 0 aromatic heterocycles. The van der Waals surface area contributed by atoms with Crippen LogP contribution in [0.5, 0.6) is 0 Å². The fraction of sp³-hybridized carbons (Fsp3) is 0. The van der Waals surface area contributed by atoms with Gasteiger partial charge in [-0.1, -0.05) is 0 Å². The van der Waals surface area contributed by atoms with Crippen molar-refractivity contribution in [2.45, 2.75) is 0 Å². The molecule has 0 heterocycles. The molecule has 0 saturated carbocycles. The summed E-state index contributed by atoms with van der Waals surface area (Å²) >= 11 is 0. The summed E-state index contributed by atoms with van der Waals surface area (Å²) in [6, 6.07) is 0. The Labute approximate surface area is 82.4 Å². The predicted octanol–water partition coefficient (Wildman–Crippen LogP) is -2.53. The van der Waals surface area contributed by atoms with E-state index in [-0.39, 0.29) is 59.9 Å². The van der Waals surface area contributed by atoms with Gasteiger partial charge in [-0.3, -0.25) is 4.46 Å². The van der Waals surface area contributed by atoms with E-state index in [0.717, 1.165) is 0 Å². The van der Waals surface area contributed by atoms with E-state index in [1.807, 2.05) is 0 Å². The molecule has 0 amide bonds. The Balaban J connectivity index is -0.0000000150. The molecule has 39 valence electrons. The SMILES string of the molecule is O=[Si](O)O.[BeH2].[Fe].[Y]. The van der Waals surface area contributed by atoms with Crippen molar-refractivity contribution < 1.29 is 63.8 Å². The first-order chi connectivity index (χ1) is 1.73. The van der Waals surface area contributed by atoms with E-state index < -0.39 is 9.17 Å². The average Bonchev–Trinajstić information content (AvgIpc) is 0.811. The zero-order chi connectivity index (χ0) is 3.58. The van der Waals surface area contributed by atoms with Gasteiger partial charge < -0.3 is 9.59 Å². The van der Waals surface area contributed by atoms with Gasteiger partial charge in [0.1, 0.15) is 0 Å². The minimum Gasteiger partial charge on any atom is 0 e. The Kier molecular flexibility index (Phi) is 53.1. The van der Waals surface area contributed by atoms with Gasteiger partial charge in [-0.2, -0.15) is 0 Å². The van der Waals surface area contributed by atoms with Crippen molar-refractivity contribution in [3.8, 4) is 0 Å². The molecule has 0 aliphatic carbocycles. The molecule has 3 nitrogen and oxygen atoms in total. The minimum absolute atomic E-state index is 0. The van der Waals surface area contributed by atoms with Gasteiger partial charge >= 0.3 is 19.3 Å². The molecule has 0 aliphatic rings. The van der Waals surface area contributed by atoms with Crippen LogP contribution in [-0.2, 0) is 54.2 Å². The normalized spacial score (nSPS) is 3.43. The standard InChI is InChI=1S/Be.Fe.H2O3Si.Y.2H/c;;1-4(2)3;;;/h;;1-2H;;;. The third-order valence-electron chi connectivity index (χ3n) is 0. The zero-order valence-electron chi connectivity index (χ0n) is 2.73. The van der Waals surface area contributed by atoms with Gasteiger partial charge in [-0.05, 0) is 0 Å². The van der Waals surface area contributed by atoms with Crippen molar-refractivity contribution >= 4 is 19.3 Å². The van der Waals surface area contributed by atoms with Crippen molar-refractivity contribution in [1.29, 1.82) is 0 Å². The van der Waals surface area contributed by atoms with E-state index in [1.54, 1.807) is 0 Å². The molecule has 0 atom stereocenters. The van der Waals surface area contributed by atoms with Crippen molar-refractivity contribution in [2.24, 2.45) is 0 Å². The van der Waals surface area contributed by atoms with Crippen molar-refractivity contribution in [1.82, 2.24) is 0 Å². The minimum atomic E-state index is -3.13. The molecule has 7 heteroatoms. The van der Waals surface area contributed by atoms with Gasteiger partial charge in [-0.15, -0.1) is 0 Å². The largest absolute Gasteiger partial charge is 0 e. The van der Waals surface area contributed by atoms with E-state index in [1.165, 1.54) is 0 Å². The number of hydrogen-bond donors (Lipinski definition) is 2. The molecule has 0 rings (SSSR count). The molecule has 1 radical (unpaired) electrons. The van der Waals surface area contributed by atoms with Crippen LogP contribution in [-0.4, -0.2) is 28.9 Å². The topological polar surface area (TPSA) is 57.5 Å². The average molecular weight is 234 g/mol. The van der Waals surface area contributed by atoms with E-state index in [4.69, 9.17) is 14.1 Å². The Morgan fingerprint density at radius 2 is 1.29 bits per heavy atom. The summed E-state index contributed by atoms with van der Waals surface area (Å²) in [6.45, 7) is 0. The summed E-state index contributed by atoms with van der Waals surface area (Å²) in [4.78, 5) is 14.3. The van der Waals surface area contributed by atoms with Gasteiger partial charge in [0.15, 0.2) is 0 Å². The molecule has 0 aromatic carbocycles. The molecule has 0 unspecified atom stereocenters. The van der Waals surface area contributed by atoms with E-state index in [0.29, 0.717) is 0 Å². The zero-order valence-corrected chi connectivity index (χ0v) is 7.68. The fourth-order valence-electron chi connectivity index (χ4n) is 0. The molecule has 0 fully saturated rings. The molecular weight excluding hydrogens is 230 g/mol. The van der Waals surface area contributed by atoms with Crippen LogP contribution in [0, 0.1) is 0 Å². The summed E-state index contributed by atoms with van der Waals surface area (Å²) in [6.07, 6.45) is 0. The maximum Gasteiger partial charge on any atom is 0 e. The first-order valence-electron chi connectivity index (χ1n) is 0.651. The predicted molar refractivity (Wildman–Crippen MR) is 19.4 cm³/mol. The van der Waals surface area contributed by atoms with Crippen LogP contribution in [0.4, 0.5) is 0 Å². The Bertz CT molecular complexity index is 37.9. The molecule has 0 spiro atoms. The smallest absolute Gasteiger partial charge is 0 e. The maximum absolute atomic E-state index is 8.74. The monoisotopic (exact) mass is 234 g/mol. The first-order valence-corrected chi connectivity index (χ1v) is 1.95. The van der Waals surface area contributed by atoms with Crippen LogP contribution in [0.1, 0.15) is 0 Å². The van der Waals surface area contributed by atoms with Gasteiger partial charge in [0, 0.05) is 49.8 Å². The molecule has 0 saturated heterocycles. The second kappa shape index (κ2) is 15.7. The van der Waals surface area contributed by atoms with Gasteiger partial charge in [-0.25, -0.2) is 0 Å². The summed E-state index contributed by atoms with van der Waals surface area (Å²) in [5.41, 5.74) is 0. The van der Waals surface area contributed by atoms with E-state index in [9.17, 15) is 0 Å². The van der Waals surface area contributed by atoms with Crippen LogP contribution in [0.25, 0.3) is 0 Å². The van der Waals surface area contributed by atoms with E-state index in [2.05, 4.69) is 0 Å². The fourth-order valence-corrected chi connectivity index (χ4v) is 0. The van der Waals surface area contributed by atoms with Crippen molar-refractivity contribution in [3.05, 3.63) is 0 Å². The summed E-state index contributed by atoms with van der Waals surface area (Å²) in [5, 5.41) is 0. The molecule has 0 aromatic rings. The second-order valence-corrected chi connectivity index (χ2v) is 0.848. The van der Waals surface area contributed by atoms with Crippen LogP contribution in [0.3, 0.4) is 0 Å². The number of rotatable bonds is 0. The summed E-state index contributed by atoms with van der Waals surface area (Å²) in [5.74, 6) is 0. The van der Waals surface area contributed by atoms with Crippen LogP contribution in [0.15, 0.2) is 0 Å². The Morgan fingerprint density at radius 3 is 1.29 bits per heavy atom. The van der Waals surface area contributed by atoms with Crippen molar-refractivity contribution in [3.63, 3.8) is 0 Å².